The normalized spacial score (nSPS) is 32.9. The van der Waals surface area contributed by atoms with E-state index in [1.54, 1.807) is 0 Å². The monoisotopic (exact) mass is 267 g/mol. The first kappa shape index (κ1) is 14.3. The maximum atomic E-state index is 12.3. The number of carbonyl (C=O) groups is 2. The number of hydrogen-bond donors (Lipinski definition) is 3. The molecule has 3 unspecified atom stereocenters. The molecular formula is C14H25N3O2. The number of amides is 2. The maximum absolute atomic E-state index is 12.3. The van der Waals surface area contributed by atoms with Crippen LogP contribution in [0, 0.1) is 5.92 Å². The second-order valence-corrected chi connectivity index (χ2v) is 5.76. The molecule has 0 aromatic rings. The SMILES string of the molecule is NC1CCCCCC1C(=O)NC1CCCCNC1=O. The van der Waals surface area contributed by atoms with Gasteiger partial charge in [0, 0.05) is 12.6 Å². The summed E-state index contributed by atoms with van der Waals surface area (Å²) in [6, 6.07) is -0.429. The van der Waals surface area contributed by atoms with Gasteiger partial charge in [-0.15, -0.1) is 0 Å². The Bertz CT molecular complexity index is 333. The molecule has 2 rings (SSSR count). The molecule has 1 saturated heterocycles. The molecule has 1 aliphatic heterocycles. The van der Waals surface area contributed by atoms with Crippen molar-refractivity contribution in [1.82, 2.24) is 10.6 Å². The minimum atomic E-state index is -0.370. The average molecular weight is 267 g/mol. The zero-order chi connectivity index (χ0) is 13.7. The van der Waals surface area contributed by atoms with E-state index in [-0.39, 0.29) is 29.8 Å². The molecule has 4 N–H and O–H groups in total. The van der Waals surface area contributed by atoms with Crippen molar-refractivity contribution in [2.24, 2.45) is 11.7 Å². The van der Waals surface area contributed by atoms with Crippen molar-refractivity contribution in [3.63, 3.8) is 0 Å². The predicted octanol–water partition coefficient (Wildman–Crippen LogP) is 0.679. The topological polar surface area (TPSA) is 84.2 Å². The van der Waals surface area contributed by atoms with Crippen molar-refractivity contribution in [2.75, 3.05) is 6.54 Å². The predicted molar refractivity (Wildman–Crippen MR) is 73.3 cm³/mol. The summed E-state index contributed by atoms with van der Waals surface area (Å²) in [7, 11) is 0. The summed E-state index contributed by atoms with van der Waals surface area (Å²) >= 11 is 0. The van der Waals surface area contributed by atoms with Crippen LogP contribution in [0.2, 0.25) is 0 Å². The molecule has 2 fully saturated rings. The van der Waals surface area contributed by atoms with Crippen molar-refractivity contribution < 1.29 is 9.59 Å². The van der Waals surface area contributed by atoms with Crippen LogP contribution < -0.4 is 16.4 Å². The van der Waals surface area contributed by atoms with Gasteiger partial charge >= 0.3 is 0 Å². The Kier molecular flexibility index (Phi) is 5.19. The molecule has 2 aliphatic rings. The van der Waals surface area contributed by atoms with Crippen LogP contribution in [-0.2, 0) is 9.59 Å². The summed E-state index contributed by atoms with van der Waals surface area (Å²) in [6.07, 6.45) is 7.77. The molecule has 0 bridgehead atoms. The van der Waals surface area contributed by atoms with Gasteiger partial charge in [-0.2, -0.15) is 0 Å². The number of nitrogens with two attached hydrogens (primary N) is 1. The highest BCUT2D eigenvalue weighted by molar-refractivity contribution is 5.88. The minimum absolute atomic E-state index is 0.0311. The highest BCUT2D eigenvalue weighted by atomic mass is 16.2. The number of rotatable bonds is 2. The smallest absolute Gasteiger partial charge is 0.242 e. The van der Waals surface area contributed by atoms with Gasteiger partial charge < -0.3 is 16.4 Å². The van der Waals surface area contributed by atoms with E-state index in [1.807, 2.05) is 0 Å². The molecule has 1 aliphatic carbocycles. The number of carbonyl (C=O) groups excluding carboxylic acids is 2. The van der Waals surface area contributed by atoms with Crippen molar-refractivity contribution in [2.45, 2.75) is 63.5 Å². The first-order valence-electron chi connectivity index (χ1n) is 7.52. The number of hydrogen-bond acceptors (Lipinski definition) is 3. The number of nitrogens with one attached hydrogen (secondary N) is 2. The fraction of sp³-hybridized carbons (Fsp3) is 0.857. The van der Waals surface area contributed by atoms with Crippen molar-refractivity contribution >= 4 is 11.8 Å². The van der Waals surface area contributed by atoms with E-state index in [9.17, 15) is 9.59 Å². The molecule has 3 atom stereocenters. The zero-order valence-corrected chi connectivity index (χ0v) is 11.5. The van der Waals surface area contributed by atoms with Crippen molar-refractivity contribution in [1.29, 1.82) is 0 Å². The van der Waals surface area contributed by atoms with Gasteiger partial charge in [0.25, 0.3) is 0 Å². The summed E-state index contributed by atoms with van der Waals surface area (Å²) in [6.45, 7) is 0.716. The van der Waals surface area contributed by atoms with Crippen LogP contribution >= 0.6 is 0 Å². The molecule has 1 heterocycles. The van der Waals surface area contributed by atoms with Crippen LogP contribution in [-0.4, -0.2) is 30.4 Å². The van der Waals surface area contributed by atoms with Gasteiger partial charge in [-0.25, -0.2) is 0 Å². The third kappa shape index (κ3) is 3.93. The lowest BCUT2D eigenvalue weighted by atomic mass is 9.94. The van der Waals surface area contributed by atoms with Crippen LogP contribution in [0.5, 0.6) is 0 Å². The summed E-state index contributed by atoms with van der Waals surface area (Å²) < 4.78 is 0. The Hall–Kier alpha value is -1.10. The third-order valence-corrected chi connectivity index (χ3v) is 4.26. The average Bonchev–Trinajstić information content (AvgIpc) is 2.71. The lowest BCUT2D eigenvalue weighted by molar-refractivity contribution is -0.131. The van der Waals surface area contributed by atoms with Gasteiger partial charge in [0.2, 0.25) is 11.8 Å². The van der Waals surface area contributed by atoms with E-state index in [4.69, 9.17) is 5.73 Å². The second-order valence-electron chi connectivity index (χ2n) is 5.76. The molecule has 19 heavy (non-hydrogen) atoms. The van der Waals surface area contributed by atoms with Crippen LogP contribution in [0.1, 0.15) is 51.4 Å². The fourth-order valence-corrected chi connectivity index (χ4v) is 3.02. The Morgan fingerprint density at radius 3 is 2.68 bits per heavy atom. The Morgan fingerprint density at radius 1 is 1.11 bits per heavy atom. The van der Waals surface area contributed by atoms with Gasteiger partial charge in [-0.3, -0.25) is 9.59 Å². The minimum Gasteiger partial charge on any atom is -0.354 e. The fourth-order valence-electron chi connectivity index (χ4n) is 3.02. The van der Waals surface area contributed by atoms with Crippen LogP contribution in [0.15, 0.2) is 0 Å². The maximum Gasteiger partial charge on any atom is 0.242 e. The summed E-state index contributed by atoms with van der Waals surface area (Å²) in [5.41, 5.74) is 6.09. The lowest BCUT2D eigenvalue weighted by Gasteiger charge is -2.23. The van der Waals surface area contributed by atoms with Crippen molar-refractivity contribution in [3.05, 3.63) is 0 Å². The summed E-state index contributed by atoms with van der Waals surface area (Å²) in [5, 5.41) is 5.75. The Labute approximate surface area is 114 Å². The van der Waals surface area contributed by atoms with Gasteiger partial charge in [0.15, 0.2) is 0 Å². The molecule has 5 nitrogen and oxygen atoms in total. The molecule has 108 valence electrons. The molecular weight excluding hydrogens is 242 g/mol. The quantitative estimate of drug-likeness (QED) is 0.643. The van der Waals surface area contributed by atoms with Gasteiger partial charge in [0.05, 0.1) is 5.92 Å². The van der Waals surface area contributed by atoms with Crippen molar-refractivity contribution in [3.8, 4) is 0 Å². The van der Waals surface area contributed by atoms with E-state index in [2.05, 4.69) is 10.6 Å². The largest absolute Gasteiger partial charge is 0.354 e. The zero-order valence-electron chi connectivity index (χ0n) is 11.5. The summed E-state index contributed by atoms with van der Waals surface area (Å²) in [4.78, 5) is 24.1. The van der Waals surface area contributed by atoms with Gasteiger partial charge in [0.1, 0.15) is 6.04 Å². The molecule has 0 aromatic heterocycles. The standard InChI is InChI=1S/C14H25N3O2/c15-11-7-3-1-2-6-10(11)13(18)17-12-8-4-5-9-16-14(12)19/h10-12H,1-9,15H2,(H,16,19)(H,17,18). The van der Waals surface area contributed by atoms with Gasteiger partial charge in [-0.05, 0) is 32.1 Å². The molecule has 1 saturated carbocycles. The van der Waals surface area contributed by atoms with Gasteiger partial charge in [-0.1, -0.05) is 19.3 Å². The first-order valence-corrected chi connectivity index (χ1v) is 7.52. The second kappa shape index (κ2) is 6.89. The first-order chi connectivity index (χ1) is 9.18. The van der Waals surface area contributed by atoms with E-state index in [1.165, 1.54) is 0 Å². The molecule has 0 spiro atoms. The highest BCUT2D eigenvalue weighted by Gasteiger charge is 2.30. The van der Waals surface area contributed by atoms with E-state index < -0.39 is 0 Å². The molecule has 2 amide bonds. The van der Waals surface area contributed by atoms with E-state index >= 15 is 0 Å². The molecule has 5 heteroatoms. The van der Waals surface area contributed by atoms with E-state index in [0.717, 1.165) is 51.4 Å². The Morgan fingerprint density at radius 2 is 1.84 bits per heavy atom. The summed E-state index contributed by atoms with van der Waals surface area (Å²) in [5.74, 6) is -0.206. The molecule has 0 aromatic carbocycles. The van der Waals surface area contributed by atoms with E-state index in [0.29, 0.717) is 6.54 Å². The lowest BCUT2D eigenvalue weighted by Crippen LogP contribution is -2.50. The highest BCUT2D eigenvalue weighted by Crippen LogP contribution is 2.22. The van der Waals surface area contributed by atoms with Crippen LogP contribution in [0.25, 0.3) is 0 Å². The van der Waals surface area contributed by atoms with Crippen LogP contribution in [0.4, 0.5) is 0 Å². The molecule has 0 radical (unpaired) electrons. The van der Waals surface area contributed by atoms with Crippen LogP contribution in [0.3, 0.4) is 0 Å². The third-order valence-electron chi connectivity index (χ3n) is 4.26. The Balaban J connectivity index is 1.92.